The number of aliphatic hydroxyl groups excluding tert-OH is 1. The van der Waals surface area contributed by atoms with E-state index in [0.29, 0.717) is 13.0 Å². The van der Waals surface area contributed by atoms with Crippen LogP contribution in [0.3, 0.4) is 0 Å². The second kappa shape index (κ2) is 9.71. The van der Waals surface area contributed by atoms with Gasteiger partial charge in [0.1, 0.15) is 6.10 Å². The summed E-state index contributed by atoms with van der Waals surface area (Å²) >= 11 is 0. The number of halogens is 2. The normalized spacial score (nSPS) is 14.5. The third-order valence-corrected chi connectivity index (χ3v) is 2.85. The minimum absolute atomic E-state index is 0.218. The summed E-state index contributed by atoms with van der Waals surface area (Å²) in [4.78, 5) is 0. The Hall–Kier alpha value is -1.24. The van der Waals surface area contributed by atoms with Crippen LogP contribution in [0.1, 0.15) is 20.3 Å². The van der Waals surface area contributed by atoms with E-state index < -0.39 is 23.2 Å². The second-order valence-corrected chi connectivity index (χ2v) is 5.46. The van der Waals surface area contributed by atoms with E-state index in [-0.39, 0.29) is 13.4 Å². The molecule has 0 aromatic rings. The quantitative estimate of drug-likeness (QED) is 0.259. The van der Waals surface area contributed by atoms with Crippen molar-refractivity contribution in [2.45, 2.75) is 32.3 Å². The molecule has 1 unspecified atom stereocenters. The van der Waals surface area contributed by atoms with E-state index in [4.69, 9.17) is 14.2 Å². The zero-order valence-corrected chi connectivity index (χ0v) is 13.5. The summed E-state index contributed by atoms with van der Waals surface area (Å²) in [6.07, 6.45) is 2.11. The fourth-order valence-electron chi connectivity index (χ4n) is 1.62. The second-order valence-electron chi connectivity index (χ2n) is 5.46. The number of methoxy groups -OCH3 is 1. The first-order valence-electron chi connectivity index (χ1n) is 6.93. The number of aliphatic hydroxyl groups is 1. The summed E-state index contributed by atoms with van der Waals surface area (Å²) in [5.74, 6) is -4.24. The Kier molecular flexibility index (Phi) is 9.16. The van der Waals surface area contributed by atoms with E-state index in [9.17, 15) is 13.9 Å². The molecule has 0 saturated carbocycles. The van der Waals surface area contributed by atoms with Crippen LogP contribution in [0.25, 0.3) is 0 Å². The van der Waals surface area contributed by atoms with Crippen molar-refractivity contribution in [2.75, 3.05) is 27.1 Å². The first-order valence-corrected chi connectivity index (χ1v) is 6.93. The zero-order valence-electron chi connectivity index (χ0n) is 13.5. The summed E-state index contributed by atoms with van der Waals surface area (Å²) in [6.45, 7) is 10.5. The Morgan fingerprint density at radius 2 is 1.91 bits per heavy atom. The average molecular weight is 320 g/mol. The van der Waals surface area contributed by atoms with Crippen molar-refractivity contribution in [3.8, 4) is 0 Å². The smallest absolute Gasteiger partial charge is 0.332 e. The van der Waals surface area contributed by atoms with Gasteiger partial charge >= 0.3 is 5.92 Å². The molecule has 0 heterocycles. The van der Waals surface area contributed by atoms with Crippen LogP contribution in [0.4, 0.5) is 8.78 Å². The highest BCUT2D eigenvalue weighted by Gasteiger charge is 2.43. The van der Waals surface area contributed by atoms with Gasteiger partial charge in [0.15, 0.2) is 12.6 Å². The summed E-state index contributed by atoms with van der Waals surface area (Å²) in [6, 6.07) is 0. The Morgan fingerprint density at radius 1 is 1.27 bits per heavy atom. The molecule has 0 aliphatic heterocycles. The van der Waals surface area contributed by atoms with Crippen LogP contribution in [0.15, 0.2) is 37.1 Å². The fraction of sp³-hybridized carbons (Fsp3) is 0.625. The van der Waals surface area contributed by atoms with Gasteiger partial charge in [0.25, 0.3) is 0 Å². The monoisotopic (exact) mass is 320 g/mol. The molecule has 4 nitrogen and oxygen atoms in total. The molecule has 1 N–H and O–H groups in total. The molecule has 0 saturated heterocycles. The van der Waals surface area contributed by atoms with E-state index in [0.717, 1.165) is 6.08 Å². The van der Waals surface area contributed by atoms with Gasteiger partial charge in [0.2, 0.25) is 0 Å². The van der Waals surface area contributed by atoms with E-state index in [2.05, 4.69) is 13.2 Å². The molecule has 0 spiro atoms. The highest BCUT2D eigenvalue weighted by Crippen LogP contribution is 2.34. The molecule has 0 rings (SSSR count). The molecule has 0 fully saturated rings. The van der Waals surface area contributed by atoms with Crippen LogP contribution in [0.2, 0.25) is 0 Å². The van der Waals surface area contributed by atoms with Gasteiger partial charge in [-0.15, -0.1) is 13.2 Å². The fourth-order valence-corrected chi connectivity index (χ4v) is 1.62. The summed E-state index contributed by atoms with van der Waals surface area (Å²) in [5.41, 5.74) is -0.603. The number of hydrogen-bond acceptors (Lipinski definition) is 4. The van der Waals surface area contributed by atoms with Gasteiger partial charge in [0, 0.05) is 7.11 Å². The number of ether oxygens (including phenoxy) is 3. The molecule has 22 heavy (non-hydrogen) atoms. The minimum atomic E-state index is -3.59. The Labute approximate surface area is 131 Å². The molecule has 0 aromatic heterocycles. The molecule has 0 bridgehead atoms. The number of allylic oxidation sites excluding steroid dienone is 2. The minimum Gasteiger partial charge on any atom is -0.466 e. The SMILES string of the molecule is C=CCC(C)(C)/C=C(\OCOCCOC)C(F)(F)C(O)C=C. The van der Waals surface area contributed by atoms with Crippen LogP contribution >= 0.6 is 0 Å². The maximum Gasteiger partial charge on any atom is 0.332 e. The summed E-state index contributed by atoms with van der Waals surface area (Å²) in [7, 11) is 1.50. The number of alkyl halides is 2. The summed E-state index contributed by atoms with van der Waals surface area (Å²) in [5, 5.41) is 9.45. The molecule has 0 aliphatic carbocycles. The van der Waals surface area contributed by atoms with Crippen LogP contribution in [-0.4, -0.2) is 44.2 Å². The zero-order chi connectivity index (χ0) is 17.2. The first-order chi connectivity index (χ1) is 10.2. The van der Waals surface area contributed by atoms with Crippen molar-refractivity contribution < 1.29 is 28.1 Å². The average Bonchev–Trinajstić information content (AvgIpc) is 2.44. The maximum absolute atomic E-state index is 14.2. The molecule has 6 heteroatoms. The van der Waals surface area contributed by atoms with Crippen molar-refractivity contribution in [3.05, 3.63) is 37.1 Å². The third-order valence-electron chi connectivity index (χ3n) is 2.85. The van der Waals surface area contributed by atoms with Gasteiger partial charge in [-0.3, -0.25) is 0 Å². The van der Waals surface area contributed by atoms with Gasteiger partial charge in [0.05, 0.1) is 13.2 Å². The third kappa shape index (κ3) is 7.15. The first kappa shape index (κ1) is 20.8. The Bertz CT molecular complexity index is 378. The van der Waals surface area contributed by atoms with E-state index in [1.54, 1.807) is 19.9 Å². The predicted octanol–water partition coefficient (Wildman–Crippen LogP) is 3.29. The van der Waals surface area contributed by atoms with Gasteiger partial charge in [-0.2, -0.15) is 8.78 Å². The van der Waals surface area contributed by atoms with Crippen molar-refractivity contribution in [2.24, 2.45) is 5.41 Å². The number of hydrogen-bond donors (Lipinski definition) is 1. The predicted molar refractivity (Wildman–Crippen MR) is 81.6 cm³/mol. The van der Waals surface area contributed by atoms with Crippen LogP contribution < -0.4 is 0 Å². The van der Waals surface area contributed by atoms with Gasteiger partial charge in [-0.05, 0) is 17.9 Å². The lowest BCUT2D eigenvalue weighted by molar-refractivity contribution is -0.124. The standard InChI is InChI=1S/C16H26F2O4/c1-6-8-15(3,4)11-14(16(17,18)13(19)7-2)22-12-21-10-9-20-5/h6-7,11,13,19H,1-2,8-10,12H2,3-5H3/b14-11-. The topological polar surface area (TPSA) is 47.9 Å². The highest BCUT2D eigenvalue weighted by atomic mass is 19.3. The lowest BCUT2D eigenvalue weighted by Gasteiger charge is -2.27. The molecular formula is C16H26F2O4. The highest BCUT2D eigenvalue weighted by molar-refractivity contribution is 5.15. The van der Waals surface area contributed by atoms with Crippen molar-refractivity contribution >= 4 is 0 Å². The van der Waals surface area contributed by atoms with Gasteiger partial charge in [-0.25, -0.2) is 0 Å². The molecule has 1 atom stereocenters. The van der Waals surface area contributed by atoms with Crippen LogP contribution in [-0.2, 0) is 14.2 Å². The lowest BCUT2D eigenvalue weighted by atomic mass is 9.87. The van der Waals surface area contributed by atoms with Crippen LogP contribution in [0, 0.1) is 5.41 Å². The molecule has 0 radical (unpaired) electrons. The largest absolute Gasteiger partial charge is 0.466 e. The van der Waals surface area contributed by atoms with E-state index in [1.807, 2.05) is 0 Å². The number of rotatable bonds is 12. The summed E-state index contributed by atoms with van der Waals surface area (Å²) < 4.78 is 43.3. The van der Waals surface area contributed by atoms with E-state index in [1.165, 1.54) is 13.2 Å². The lowest BCUT2D eigenvalue weighted by Crippen LogP contribution is -2.36. The Morgan fingerprint density at radius 3 is 2.41 bits per heavy atom. The van der Waals surface area contributed by atoms with Crippen molar-refractivity contribution in [1.29, 1.82) is 0 Å². The Balaban J connectivity index is 5.10. The van der Waals surface area contributed by atoms with Crippen molar-refractivity contribution in [1.82, 2.24) is 0 Å². The van der Waals surface area contributed by atoms with E-state index >= 15 is 0 Å². The van der Waals surface area contributed by atoms with Crippen LogP contribution in [0.5, 0.6) is 0 Å². The van der Waals surface area contributed by atoms with Crippen molar-refractivity contribution in [3.63, 3.8) is 0 Å². The van der Waals surface area contributed by atoms with Gasteiger partial charge in [-0.1, -0.05) is 26.0 Å². The van der Waals surface area contributed by atoms with Gasteiger partial charge < -0.3 is 19.3 Å². The maximum atomic E-state index is 14.2. The molecule has 0 amide bonds. The molecule has 128 valence electrons. The molecular weight excluding hydrogens is 294 g/mol. The molecule has 0 aromatic carbocycles. The molecule has 0 aliphatic rings.